The van der Waals surface area contributed by atoms with Crippen LogP contribution in [0.15, 0.2) is 53.7 Å². The molecule has 0 atom stereocenters. The number of benzene rings is 2. The predicted molar refractivity (Wildman–Crippen MR) is 126 cm³/mol. The van der Waals surface area contributed by atoms with Crippen LogP contribution in [0, 0.1) is 6.92 Å². The Morgan fingerprint density at radius 2 is 1.82 bits per heavy atom. The topological polar surface area (TPSA) is 109 Å². The van der Waals surface area contributed by atoms with Crippen LogP contribution in [0.2, 0.25) is 0 Å². The number of carbonyl (C=O) groups excluding carboxylic acids is 1. The first-order valence-corrected chi connectivity index (χ1v) is 11.5. The van der Waals surface area contributed by atoms with Crippen LogP contribution < -0.4 is 4.74 Å². The summed E-state index contributed by atoms with van der Waals surface area (Å²) in [6.45, 7) is 2.08. The van der Waals surface area contributed by atoms with Crippen LogP contribution in [0.1, 0.15) is 16.8 Å². The van der Waals surface area contributed by atoms with Crippen LogP contribution in [0.25, 0.3) is 22.6 Å². The lowest BCUT2D eigenvalue weighted by Gasteiger charge is -2.05. The Bertz CT molecular complexity index is 1490. The van der Waals surface area contributed by atoms with Crippen LogP contribution in [0.4, 0.5) is 0 Å². The van der Waals surface area contributed by atoms with Crippen molar-refractivity contribution in [1.29, 1.82) is 0 Å². The summed E-state index contributed by atoms with van der Waals surface area (Å²) in [6, 6.07) is 15.6. The summed E-state index contributed by atoms with van der Waals surface area (Å²) in [6.07, 6.45) is -0.0417. The first-order valence-electron chi connectivity index (χ1n) is 10.5. The van der Waals surface area contributed by atoms with Gasteiger partial charge in [-0.25, -0.2) is 4.68 Å². The highest BCUT2D eigenvalue weighted by molar-refractivity contribution is 7.98. The molecule has 0 aliphatic heterocycles. The summed E-state index contributed by atoms with van der Waals surface area (Å²) in [7, 11) is 2.95. The number of aryl methyl sites for hydroxylation is 1. The van der Waals surface area contributed by atoms with Gasteiger partial charge in [-0.05, 0) is 42.3 Å². The smallest absolute Gasteiger partial charge is 0.311 e. The summed E-state index contributed by atoms with van der Waals surface area (Å²) >= 11 is 1.52. The highest BCUT2D eigenvalue weighted by Crippen LogP contribution is 2.26. The maximum Gasteiger partial charge on any atom is 0.311 e. The number of hydrogen-bond acceptors (Lipinski definition) is 9. The molecule has 0 fully saturated rings. The monoisotopic (exact) mass is 475 g/mol. The molecule has 172 valence electrons. The molecular weight excluding hydrogens is 454 g/mol. The van der Waals surface area contributed by atoms with Crippen molar-refractivity contribution in [3.05, 3.63) is 65.4 Å². The molecule has 10 nitrogen and oxygen atoms in total. The fourth-order valence-corrected chi connectivity index (χ4v) is 4.43. The van der Waals surface area contributed by atoms with Crippen LogP contribution >= 0.6 is 11.8 Å². The first-order chi connectivity index (χ1) is 16.6. The van der Waals surface area contributed by atoms with E-state index in [2.05, 4.69) is 44.4 Å². The number of rotatable bonds is 7. The molecular formula is C23H21N7O3S. The minimum Gasteiger partial charge on any atom is -0.497 e. The molecule has 11 heteroatoms. The number of methoxy groups -OCH3 is 2. The van der Waals surface area contributed by atoms with E-state index in [-0.39, 0.29) is 6.42 Å². The van der Waals surface area contributed by atoms with E-state index in [1.54, 1.807) is 16.3 Å². The molecule has 3 aromatic heterocycles. The summed E-state index contributed by atoms with van der Waals surface area (Å²) in [5.41, 5.74) is 4.63. The summed E-state index contributed by atoms with van der Waals surface area (Å²) < 4.78 is 13.4. The molecule has 34 heavy (non-hydrogen) atoms. The number of hydrogen-bond donors (Lipinski definition) is 0. The lowest BCUT2D eigenvalue weighted by molar-refractivity contribution is -0.139. The first kappa shape index (κ1) is 21.8. The van der Waals surface area contributed by atoms with Crippen molar-refractivity contribution in [3.8, 4) is 11.4 Å². The molecule has 0 aliphatic rings. The molecule has 3 heterocycles. The van der Waals surface area contributed by atoms with Gasteiger partial charge in [0.25, 0.3) is 5.78 Å². The maximum atomic E-state index is 12.0. The molecule has 0 aliphatic carbocycles. The zero-order valence-electron chi connectivity index (χ0n) is 18.8. The molecule has 0 unspecified atom stereocenters. The van der Waals surface area contributed by atoms with Crippen molar-refractivity contribution in [2.24, 2.45) is 0 Å². The van der Waals surface area contributed by atoms with Gasteiger partial charge in [-0.1, -0.05) is 36.0 Å². The largest absolute Gasteiger partial charge is 0.497 e. The third kappa shape index (κ3) is 4.05. The van der Waals surface area contributed by atoms with Crippen LogP contribution in [-0.4, -0.2) is 54.8 Å². The lowest BCUT2D eigenvalue weighted by atomic mass is 10.1. The van der Waals surface area contributed by atoms with E-state index in [0.717, 1.165) is 17.2 Å². The van der Waals surface area contributed by atoms with Gasteiger partial charge in [0.1, 0.15) is 11.4 Å². The van der Waals surface area contributed by atoms with Gasteiger partial charge in [-0.15, -0.1) is 15.3 Å². The van der Waals surface area contributed by atoms with Crippen LogP contribution in [0.5, 0.6) is 5.75 Å². The number of aromatic nitrogens is 7. The summed E-state index contributed by atoms with van der Waals surface area (Å²) in [5.74, 6) is 1.37. The van der Waals surface area contributed by atoms with E-state index < -0.39 is 5.97 Å². The average Bonchev–Trinajstić information content (AvgIpc) is 3.44. The van der Waals surface area contributed by atoms with Crippen molar-refractivity contribution < 1.29 is 14.3 Å². The Balaban J connectivity index is 1.61. The van der Waals surface area contributed by atoms with Crippen molar-refractivity contribution in [2.75, 3.05) is 14.2 Å². The van der Waals surface area contributed by atoms with E-state index in [1.165, 1.54) is 30.0 Å². The zero-order chi connectivity index (χ0) is 23.7. The predicted octanol–water partition coefficient (Wildman–Crippen LogP) is 3.18. The molecule has 0 N–H and O–H groups in total. The zero-order valence-corrected chi connectivity index (χ0v) is 19.6. The van der Waals surface area contributed by atoms with Crippen molar-refractivity contribution in [2.45, 2.75) is 24.3 Å². The minimum absolute atomic E-state index is 0.0417. The number of thioether (sulfide) groups is 1. The highest BCUT2D eigenvalue weighted by atomic mass is 32.2. The fraction of sp³-hybridized carbons (Fsp3) is 0.217. The van der Waals surface area contributed by atoms with Crippen molar-refractivity contribution in [3.63, 3.8) is 0 Å². The molecule has 0 radical (unpaired) electrons. The average molecular weight is 476 g/mol. The number of fused-ring (bicyclic) bond motifs is 3. The Kier molecular flexibility index (Phi) is 5.84. The van der Waals surface area contributed by atoms with Gasteiger partial charge in [-0.2, -0.15) is 14.6 Å². The van der Waals surface area contributed by atoms with Gasteiger partial charge in [0.2, 0.25) is 5.16 Å². The fourth-order valence-electron chi connectivity index (χ4n) is 3.53. The Labute approximate surface area is 198 Å². The second-order valence-electron chi connectivity index (χ2n) is 7.50. The third-order valence-electron chi connectivity index (χ3n) is 5.39. The van der Waals surface area contributed by atoms with Gasteiger partial charge >= 0.3 is 5.97 Å². The van der Waals surface area contributed by atoms with E-state index >= 15 is 0 Å². The number of esters is 1. The lowest BCUT2D eigenvalue weighted by Crippen LogP contribution is -2.06. The Hall–Kier alpha value is -3.99. The van der Waals surface area contributed by atoms with E-state index in [0.29, 0.717) is 27.8 Å². The number of nitrogens with zero attached hydrogens (tertiary/aromatic N) is 7. The van der Waals surface area contributed by atoms with E-state index in [4.69, 9.17) is 9.47 Å². The molecule has 0 bridgehead atoms. The van der Waals surface area contributed by atoms with Crippen molar-refractivity contribution >= 4 is 34.7 Å². The van der Waals surface area contributed by atoms with E-state index in [1.807, 2.05) is 36.4 Å². The number of carbonyl (C=O) groups is 1. The Morgan fingerprint density at radius 1 is 1.03 bits per heavy atom. The molecule has 0 saturated heterocycles. The summed E-state index contributed by atoms with van der Waals surface area (Å²) in [5, 5.41) is 18.5. The van der Waals surface area contributed by atoms with Gasteiger partial charge in [0, 0.05) is 5.75 Å². The molecule has 0 amide bonds. The van der Waals surface area contributed by atoms with Crippen LogP contribution in [-0.2, 0) is 21.7 Å². The van der Waals surface area contributed by atoms with Gasteiger partial charge in [-0.3, -0.25) is 4.79 Å². The standard InChI is InChI=1S/C23H21N7O3S/c1-14-6-4-5-7-15(14)13-34-23-24-22-26-25-20-18(12-19(31)33-3)27-29(21(20)30(22)28-23)16-8-10-17(32-2)11-9-16/h4-11H,12-13H2,1-3H3. The second-order valence-corrected chi connectivity index (χ2v) is 8.45. The second kappa shape index (κ2) is 9.10. The molecule has 0 saturated carbocycles. The number of ether oxygens (including phenoxy) is 2. The molecule has 0 spiro atoms. The Morgan fingerprint density at radius 3 is 2.56 bits per heavy atom. The van der Waals surface area contributed by atoms with E-state index in [9.17, 15) is 4.79 Å². The normalized spacial score (nSPS) is 11.3. The third-order valence-corrected chi connectivity index (χ3v) is 6.28. The van der Waals surface area contributed by atoms with Gasteiger partial charge in [0.05, 0.1) is 26.3 Å². The highest BCUT2D eigenvalue weighted by Gasteiger charge is 2.22. The SMILES string of the molecule is COC(=O)Cc1nn(-c2ccc(OC)cc2)c2c1nnc1nc(SCc3ccccc3C)nn12. The summed E-state index contributed by atoms with van der Waals surface area (Å²) in [4.78, 5) is 16.5. The molecule has 5 aromatic rings. The minimum atomic E-state index is -0.420. The molecule has 5 rings (SSSR count). The van der Waals surface area contributed by atoms with Gasteiger partial charge in [0.15, 0.2) is 11.2 Å². The van der Waals surface area contributed by atoms with Gasteiger partial charge < -0.3 is 9.47 Å². The van der Waals surface area contributed by atoms with Crippen LogP contribution in [0.3, 0.4) is 0 Å². The quantitative estimate of drug-likeness (QED) is 0.259. The van der Waals surface area contributed by atoms with Crippen molar-refractivity contribution in [1.82, 2.24) is 34.6 Å². The maximum absolute atomic E-state index is 12.0. The molecule has 2 aromatic carbocycles.